The topological polar surface area (TPSA) is 61.2 Å². The fourth-order valence-electron chi connectivity index (χ4n) is 4.18. The number of anilines is 1. The molecule has 0 unspecified atom stereocenters. The van der Waals surface area contributed by atoms with Gasteiger partial charge in [-0.15, -0.1) is 0 Å². The standard InChI is InChI=1S/C25H27ClN4O/c1-31-24-9-7-19(13-22(24)26)15-29-25-20(17-30-10-4-2-3-5-11-30)16-28-23-8-6-18(14-27)12-21(23)25/h6-9,12-13,16H,2-5,10-11,15,17H2,1H3,(H,28,29). The number of nitrogens with zero attached hydrogens (tertiary/aromatic N) is 3. The van der Waals surface area contributed by atoms with E-state index in [2.05, 4.69) is 21.3 Å². The Morgan fingerprint density at radius 2 is 1.94 bits per heavy atom. The van der Waals surface area contributed by atoms with Crippen LogP contribution >= 0.6 is 11.6 Å². The van der Waals surface area contributed by atoms with Crippen molar-refractivity contribution in [3.8, 4) is 11.8 Å². The normalized spacial score (nSPS) is 14.7. The Bertz CT molecular complexity index is 1100. The fourth-order valence-corrected chi connectivity index (χ4v) is 4.46. The molecule has 160 valence electrons. The Morgan fingerprint density at radius 3 is 2.65 bits per heavy atom. The van der Waals surface area contributed by atoms with E-state index in [0.29, 0.717) is 22.9 Å². The SMILES string of the molecule is COc1ccc(CNc2c(CN3CCCCCC3)cnc3ccc(C#N)cc23)cc1Cl. The van der Waals surface area contributed by atoms with Crippen LogP contribution in [-0.4, -0.2) is 30.1 Å². The molecule has 1 saturated heterocycles. The van der Waals surface area contributed by atoms with Gasteiger partial charge in [0, 0.05) is 35.9 Å². The Hall–Kier alpha value is -2.81. The maximum absolute atomic E-state index is 9.41. The van der Waals surface area contributed by atoms with E-state index in [9.17, 15) is 5.26 Å². The molecule has 3 aromatic rings. The van der Waals surface area contributed by atoms with Crippen molar-refractivity contribution in [3.05, 3.63) is 64.3 Å². The van der Waals surface area contributed by atoms with Crippen LogP contribution in [-0.2, 0) is 13.1 Å². The molecule has 31 heavy (non-hydrogen) atoms. The molecule has 0 amide bonds. The van der Waals surface area contributed by atoms with Crippen LogP contribution in [0.4, 0.5) is 5.69 Å². The van der Waals surface area contributed by atoms with E-state index >= 15 is 0 Å². The van der Waals surface area contributed by atoms with Gasteiger partial charge >= 0.3 is 0 Å². The average Bonchev–Trinajstić information content (AvgIpc) is 3.06. The monoisotopic (exact) mass is 434 g/mol. The summed E-state index contributed by atoms with van der Waals surface area (Å²) in [4.78, 5) is 7.20. The van der Waals surface area contributed by atoms with E-state index in [1.165, 1.54) is 25.7 Å². The highest BCUT2D eigenvalue weighted by Crippen LogP contribution is 2.30. The summed E-state index contributed by atoms with van der Waals surface area (Å²) in [6.45, 7) is 3.70. The van der Waals surface area contributed by atoms with E-state index in [1.54, 1.807) is 7.11 Å². The lowest BCUT2D eigenvalue weighted by Gasteiger charge is -2.23. The average molecular weight is 435 g/mol. The highest BCUT2D eigenvalue weighted by molar-refractivity contribution is 6.32. The summed E-state index contributed by atoms with van der Waals surface area (Å²) in [5.41, 5.74) is 4.78. The van der Waals surface area contributed by atoms with Crippen LogP contribution in [0.1, 0.15) is 42.4 Å². The minimum Gasteiger partial charge on any atom is -0.495 e. The maximum Gasteiger partial charge on any atom is 0.137 e. The third-order valence-corrected chi connectivity index (χ3v) is 6.15. The summed E-state index contributed by atoms with van der Waals surface area (Å²) in [6.07, 6.45) is 7.07. The lowest BCUT2D eigenvalue weighted by atomic mass is 10.1. The Balaban J connectivity index is 1.67. The molecule has 6 heteroatoms. The summed E-state index contributed by atoms with van der Waals surface area (Å²) in [5.74, 6) is 0.667. The van der Waals surface area contributed by atoms with Gasteiger partial charge < -0.3 is 10.1 Å². The number of fused-ring (bicyclic) bond motifs is 1. The molecule has 2 heterocycles. The van der Waals surface area contributed by atoms with Crippen LogP contribution in [0.15, 0.2) is 42.6 Å². The molecule has 1 aliphatic rings. The number of nitrogens with one attached hydrogen (secondary N) is 1. The maximum atomic E-state index is 9.41. The van der Waals surface area contributed by atoms with Crippen molar-refractivity contribution in [3.63, 3.8) is 0 Å². The molecule has 1 fully saturated rings. The molecular formula is C25H27ClN4O. The molecule has 0 spiro atoms. The van der Waals surface area contributed by atoms with Gasteiger partial charge in [-0.2, -0.15) is 5.26 Å². The molecule has 5 nitrogen and oxygen atoms in total. The first kappa shape index (κ1) is 21.4. The van der Waals surface area contributed by atoms with Crippen LogP contribution in [0.25, 0.3) is 10.9 Å². The van der Waals surface area contributed by atoms with Crippen LogP contribution in [0.5, 0.6) is 5.75 Å². The third kappa shape index (κ3) is 5.10. The number of pyridine rings is 1. The second-order valence-corrected chi connectivity index (χ2v) is 8.42. The quantitative estimate of drug-likeness (QED) is 0.534. The summed E-state index contributed by atoms with van der Waals surface area (Å²) in [7, 11) is 1.62. The van der Waals surface area contributed by atoms with Crippen molar-refractivity contribution < 1.29 is 4.74 Å². The van der Waals surface area contributed by atoms with E-state index in [4.69, 9.17) is 16.3 Å². The van der Waals surface area contributed by atoms with Gasteiger partial charge in [0.1, 0.15) is 5.75 Å². The summed E-state index contributed by atoms with van der Waals surface area (Å²) < 4.78 is 5.26. The molecule has 4 rings (SSSR count). The number of rotatable bonds is 6. The highest BCUT2D eigenvalue weighted by Gasteiger charge is 2.15. The van der Waals surface area contributed by atoms with Gasteiger partial charge in [-0.3, -0.25) is 9.88 Å². The van der Waals surface area contributed by atoms with Crippen LogP contribution in [0.2, 0.25) is 5.02 Å². The largest absolute Gasteiger partial charge is 0.495 e. The molecule has 0 aliphatic carbocycles. The highest BCUT2D eigenvalue weighted by atomic mass is 35.5. The number of likely N-dealkylation sites (tertiary alicyclic amines) is 1. The van der Waals surface area contributed by atoms with Gasteiger partial charge in [-0.25, -0.2) is 0 Å². The van der Waals surface area contributed by atoms with Crippen LogP contribution < -0.4 is 10.1 Å². The van der Waals surface area contributed by atoms with Gasteiger partial charge in [-0.1, -0.05) is 30.5 Å². The van der Waals surface area contributed by atoms with Crippen molar-refractivity contribution in [1.29, 1.82) is 5.26 Å². The number of ether oxygens (including phenoxy) is 1. The Morgan fingerprint density at radius 1 is 1.13 bits per heavy atom. The number of halogens is 1. The third-order valence-electron chi connectivity index (χ3n) is 5.85. The van der Waals surface area contributed by atoms with Crippen molar-refractivity contribution in [2.45, 2.75) is 38.8 Å². The number of hydrogen-bond donors (Lipinski definition) is 1. The summed E-state index contributed by atoms with van der Waals surface area (Å²) in [5, 5.41) is 14.6. The molecule has 0 radical (unpaired) electrons. The van der Waals surface area contributed by atoms with E-state index in [0.717, 1.165) is 47.4 Å². The lowest BCUT2D eigenvalue weighted by Crippen LogP contribution is -2.24. The second-order valence-electron chi connectivity index (χ2n) is 8.01. The zero-order chi connectivity index (χ0) is 21.6. The number of methoxy groups -OCH3 is 1. The van der Waals surface area contributed by atoms with Crippen molar-refractivity contribution in [1.82, 2.24) is 9.88 Å². The predicted molar refractivity (Wildman–Crippen MR) is 126 cm³/mol. The number of benzene rings is 2. The van der Waals surface area contributed by atoms with E-state index < -0.39 is 0 Å². The van der Waals surface area contributed by atoms with Crippen LogP contribution in [0.3, 0.4) is 0 Å². The summed E-state index contributed by atoms with van der Waals surface area (Å²) >= 11 is 6.32. The molecule has 1 aliphatic heterocycles. The molecule has 0 bridgehead atoms. The smallest absolute Gasteiger partial charge is 0.137 e. The molecule has 1 aromatic heterocycles. The molecule has 1 N–H and O–H groups in total. The van der Waals surface area contributed by atoms with Gasteiger partial charge in [0.15, 0.2) is 0 Å². The minimum absolute atomic E-state index is 0.595. The fraction of sp³-hybridized carbons (Fsp3) is 0.360. The first-order valence-corrected chi connectivity index (χ1v) is 11.2. The Kier molecular flexibility index (Phi) is 6.91. The van der Waals surface area contributed by atoms with Gasteiger partial charge in [0.2, 0.25) is 0 Å². The predicted octanol–water partition coefficient (Wildman–Crippen LogP) is 5.76. The second kappa shape index (κ2) is 10.00. The van der Waals surface area contributed by atoms with Gasteiger partial charge in [0.25, 0.3) is 0 Å². The molecule has 0 saturated carbocycles. The molecule has 0 atom stereocenters. The van der Waals surface area contributed by atoms with Crippen molar-refractivity contribution in [2.75, 3.05) is 25.5 Å². The van der Waals surface area contributed by atoms with Crippen molar-refractivity contribution in [2.24, 2.45) is 0 Å². The zero-order valence-corrected chi connectivity index (χ0v) is 18.6. The molecule has 2 aromatic carbocycles. The first-order valence-electron chi connectivity index (χ1n) is 10.8. The summed E-state index contributed by atoms with van der Waals surface area (Å²) in [6, 6.07) is 13.7. The number of aromatic nitrogens is 1. The number of nitriles is 1. The van der Waals surface area contributed by atoms with E-state index in [1.807, 2.05) is 42.6 Å². The van der Waals surface area contributed by atoms with Gasteiger partial charge in [0.05, 0.1) is 29.3 Å². The minimum atomic E-state index is 0.595. The van der Waals surface area contributed by atoms with Crippen LogP contribution in [0, 0.1) is 11.3 Å². The zero-order valence-electron chi connectivity index (χ0n) is 17.8. The number of hydrogen-bond acceptors (Lipinski definition) is 5. The van der Waals surface area contributed by atoms with Gasteiger partial charge in [-0.05, 0) is 61.8 Å². The first-order chi connectivity index (χ1) is 15.2. The van der Waals surface area contributed by atoms with Crippen molar-refractivity contribution >= 4 is 28.2 Å². The van der Waals surface area contributed by atoms with E-state index in [-0.39, 0.29) is 0 Å². The molecular weight excluding hydrogens is 408 g/mol. The lowest BCUT2D eigenvalue weighted by molar-refractivity contribution is 0.277. The Labute approximate surface area is 188 Å².